The van der Waals surface area contributed by atoms with Crippen LogP contribution < -0.4 is 0 Å². The minimum absolute atomic E-state index is 0.0725. The Morgan fingerprint density at radius 1 is 1.05 bits per heavy atom. The zero-order valence-electron chi connectivity index (χ0n) is 11.9. The molecule has 1 N–H and O–H groups in total. The highest BCUT2D eigenvalue weighted by Crippen LogP contribution is 2.44. The van der Waals surface area contributed by atoms with Gasteiger partial charge in [0.25, 0.3) is 0 Å². The van der Waals surface area contributed by atoms with E-state index in [0.717, 1.165) is 25.8 Å². The molecule has 1 aliphatic heterocycles. The van der Waals surface area contributed by atoms with Crippen molar-refractivity contribution in [1.82, 2.24) is 4.90 Å². The first-order valence-corrected chi connectivity index (χ1v) is 8.14. The Morgan fingerprint density at radius 2 is 1.74 bits per heavy atom. The summed E-state index contributed by atoms with van der Waals surface area (Å²) in [5.74, 6) is -0.221. The van der Waals surface area contributed by atoms with Crippen molar-refractivity contribution in [3.05, 3.63) is 0 Å². The van der Waals surface area contributed by atoms with Crippen molar-refractivity contribution in [2.24, 2.45) is 17.3 Å². The molecule has 1 spiro atoms. The van der Waals surface area contributed by atoms with E-state index in [-0.39, 0.29) is 5.92 Å². The Morgan fingerprint density at radius 3 is 2.42 bits per heavy atom. The molecule has 0 aromatic heterocycles. The van der Waals surface area contributed by atoms with Gasteiger partial charge in [0.15, 0.2) is 0 Å². The fraction of sp³-hybridized carbons (Fsp3) is 0.938. The molecular weight excluding hydrogens is 238 g/mol. The third-order valence-electron chi connectivity index (χ3n) is 5.75. The third kappa shape index (κ3) is 2.81. The molecule has 1 saturated heterocycles. The summed E-state index contributed by atoms with van der Waals surface area (Å²) in [6.07, 6.45) is 11.4. The van der Waals surface area contributed by atoms with Crippen LogP contribution in [0.4, 0.5) is 0 Å². The summed E-state index contributed by atoms with van der Waals surface area (Å²) in [6, 6.07) is 0. The molecule has 2 aliphatic carbocycles. The normalized spacial score (nSPS) is 34.9. The molecule has 3 fully saturated rings. The second-order valence-corrected chi connectivity index (χ2v) is 7.22. The van der Waals surface area contributed by atoms with E-state index in [9.17, 15) is 9.90 Å². The molecule has 1 heterocycles. The molecule has 3 rings (SSSR count). The van der Waals surface area contributed by atoms with Crippen molar-refractivity contribution in [3.63, 3.8) is 0 Å². The Bertz CT molecular complexity index is 328. The minimum Gasteiger partial charge on any atom is -0.481 e. The maximum atomic E-state index is 11.3. The van der Waals surface area contributed by atoms with Crippen LogP contribution in [0.25, 0.3) is 0 Å². The van der Waals surface area contributed by atoms with E-state index in [1.807, 2.05) is 0 Å². The predicted molar refractivity (Wildman–Crippen MR) is 75.0 cm³/mol. The molecule has 2 unspecified atom stereocenters. The van der Waals surface area contributed by atoms with E-state index in [1.54, 1.807) is 0 Å². The van der Waals surface area contributed by atoms with Crippen molar-refractivity contribution < 1.29 is 9.90 Å². The van der Waals surface area contributed by atoms with Crippen LogP contribution in [0, 0.1) is 17.3 Å². The molecule has 0 radical (unpaired) electrons. The lowest BCUT2D eigenvalue weighted by atomic mass is 9.68. The van der Waals surface area contributed by atoms with Crippen LogP contribution >= 0.6 is 0 Å². The van der Waals surface area contributed by atoms with Gasteiger partial charge in [-0.05, 0) is 37.0 Å². The van der Waals surface area contributed by atoms with E-state index in [1.165, 1.54) is 51.6 Å². The quantitative estimate of drug-likeness (QED) is 0.852. The molecule has 0 aromatic carbocycles. The maximum Gasteiger partial charge on any atom is 0.306 e. The molecular formula is C16H27NO2. The molecule has 3 heteroatoms. The van der Waals surface area contributed by atoms with Gasteiger partial charge >= 0.3 is 5.97 Å². The summed E-state index contributed by atoms with van der Waals surface area (Å²) in [7, 11) is 0. The van der Waals surface area contributed by atoms with Gasteiger partial charge in [-0.3, -0.25) is 4.79 Å². The van der Waals surface area contributed by atoms with Crippen molar-refractivity contribution in [1.29, 1.82) is 0 Å². The van der Waals surface area contributed by atoms with Crippen LogP contribution in [-0.2, 0) is 4.79 Å². The summed E-state index contributed by atoms with van der Waals surface area (Å²) in [4.78, 5) is 13.9. The Kier molecular flexibility index (Phi) is 3.84. The zero-order chi connectivity index (χ0) is 13.3. The van der Waals surface area contributed by atoms with Crippen LogP contribution in [0.15, 0.2) is 0 Å². The highest BCUT2D eigenvalue weighted by molar-refractivity contribution is 5.70. The van der Waals surface area contributed by atoms with Crippen LogP contribution in [0.2, 0.25) is 0 Å². The zero-order valence-corrected chi connectivity index (χ0v) is 11.9. The first-order valence-electron chi connectivity index (χ1n) is 8.14. The van der Waals surface area contributed by atoms with E-state index >= 15 is 0 Å². The van der Waals surface area contributed by atoms with E-state index in [4.69, 9.17) is 0 Å². The second kappa shape index (κ2) is 5.43. The van der Waals surface area contributed by atoms with Crippen LogP contribution in [0.1, 0.15) is 57.8 Å². The van der Waals surface area contributed by atoms with Crippen LogP contribution in [0.5, 0.6) is 0 Å². The highest BCUT2D eigenvalue weighted by atomic mass is 16.4. The van der Waals surface area contributed by atoms with Gasteiger partial charge in [0.05, 0.1) is 5.92 Å². The van der Waals surface area contributed by atoms with Gasteiger partial charge in [-0.25, -0.2) is 0 Å². The first kappa shape index (κ1) is 13.4. The van der Waals surface area contributed by atoms with Crippen molar-refractivity contribution >= 4 is 5.97 Å². The van der Waals surface area contributed by atoms with Gasteiger partial charge < -0.3 is 10.0 Å². The molecule has 3 aliphatic rings. The van der Waals surface area contributed by atoms with E-state index in [2.05, 4.69) is 4.90 Å². The minimum atomic E-state index is -0.558. The molecule has 0 amide bonds. The molecule has 3 nitrogen and oxygen atoms in total. The lowest BCUT2D eigenvalue weighted by Gasteiger charge is -2.54. The summed E-state index contributed by atoms with van der Waals surface area (Å²) in [6.45, 7) is 3.53. The van der Waals surface area contributed by atoms with Crippen LogP contribution in [-0.4, -0.2) is 35.6 Å². The summed E-state index contributed by atoms with van der Waals surface area (Å²) < 4.78 is 0. The van der Waals surface area contributed by atoms with Gasteiger partial charge in [-0.15, -0.1) is 0 Å². The Labute approximate surface area is 116 Å². The monoisotopic (exact) mass is 265 g/mol. The average molecular weight is 265 g/mol. The van der Waals surface area contributed by atoms with Gasteiger partial charge in [-0.2, -0.15) is 0 Å². The maximum absolute atomic E-state index is 11.3. The molecule has 2 saturated carbocycles. The molecule has 19 heavy (non-hydrogen) atoms. The van der Waals surface area contributed by atoms with Crippen molar-refractivity contribution in [2.75, 3.05) is 19.6 Å². The number of rotatable bonds is 3. The standard InChI is InChI=1S/C16H27NO2/c18-15(19)14-7-3-2-6-13(14)10-17-11-16(12-17)8-4-1-5-9-16/h13-14H,1-12H2,(H,18,19). The predicted octanol–water partition coefficient (Wildman–Crippen LogP) is 3.14. The highest BCUT2D eigenvalue weighted by Gasteiger charge is 2.44. The SMILES string of the molecule is O=C(O)C1CCCCC1CN1CC2(CCCCC2)C1. The number of likely N-dealkylation sites (tertiary alicyclic amines) is 1. The molecule has 0 aromatic rings. The number of nitrogens with zero attached hydrogens (tertiary/aromatic N) is 1. The van der Waals surface area contributed by atoms with E-state index < -0.39 is 5.97 Å². The lowest BCUT2D eigenvalue weighted by molar-refractivity contribution is -0.146. The fourth-order valence-corrected chi connectivity index (χ4v) is 4.73. The van der Waals surface area contributed by atoms with Gasteiger partial charge in [0.2, 0.25) is 0 Å². The lowest BCUT2D eigenvalue weighted by Crippen LogP contribution is -2.58. The smallest absolute Gasteiger partial charge is 0.306 e. The molecule has 108 valence electrons. The van der Waals surface area contributed by atoms with Gasteiger partial charge in [0, 0.05) is 19.6 Å². The number of hydrogen-bond donors (Lipinski definition) is 1. The van der Waals surface area contributed by atoms with Crippen molar-refractivity contribution in [3.8, 4) is 0 Å². The fourth-order valence-electron chi connectivity index (χ4n) is 4.73. The average Bonchev–Trinajstić information content (AvgIpc) is 2.38. The number of carbonyl (C=O) groups is 1. The van der Waals surface area contributed by atoms with Gasteiger partial charge in [0.1, 0.15) is 0 Å². The molecule has 0 bridgehead atoms. The van der Waals surface area contributed by atoms with E-state index in [0.29, 0.717) is 11.3 Å². The number of hydrogen-bond acceptors (Lipinski definition) is 2. The summed E-state index contributed by atoms with van der Waals surface area (Å²) in [5, 5.41) is 9.34. The number of carboxylic acid groups (broad SMARTS) is 1. The first-order chi connectivity index (χ1) is 9.19. The second-order valence-electron chi connectivity index (χ2n) is 7.22. The number of aliphatic carboxylic acids is 1. The topological polar surface area (TPSA) is 40.5 Å². The van der Waals surface area contributed by atoms with Crippen LogP contribution in [0.3, 0.4) is 0 Å². The van der Waals surface area contributed by atoms with Crippen molar-refractivity contribution in [2.45, 2.75) is 57.8 Å². The molecule has 2 atom stereocenters. The summed E-state index contributed by atoms with van der Waals surface area (Å²) in [5.41, 5.74) is 0.631. The summed E-state index contributed by atoms with van der Waals surface area (Å²) >= 11 is 0. The number of carboxylic acids is 1. The largest absolute Gasteiger partial charge is 0.481 e. The Balaban J connectivity index is 1.50. The van der Waals surface area contributed by atoms with Gasteiger partial charge in [-0.1, -0.05) is 32.1 Å². The Hall–Kier alpha value is -0.570. The third-order valence-corrected chi connectivity index (χ3v) is 5.75.